The molecule has 2 aromatic rings. The van der Waals surface area contributed by atoms with Gasteiger partial charge in [0.05, 0.1) is 26.9 Å². The largest absolute Gasteiger partial charge is 0.497 e. The van der Waals surface area contributed by atoms with Crippen molar-refractivity contribution in [3.63, 3.8) is 0 Å². The molecule has 2 aromatic carbocycles. The quantitative estimate of drug-likeness (QED) is 0.631. The van der Waals surface area contributed by atoms with E-state index in [1.165, 1.54) is 17.5 Å². The van der Waals surface area contributed by atoms with E-state index < -0.39 is 0 Å². The molecule has 0 saturated carbocycles. The van der Waals surface area contributed by atoms with Crippen LogP contribution in [0.25, 0.3) is 0 Å². The second kappa shape index (κ2) is 9.02. The summed E-state index contributed by atoms with van der Waals surface area (Å²) in [5.41, 5.74) is 2.62. The number of hydrogen-bond acceptors (Lipinski definition) is 4. The molecule has 1 saturated heterocycles. The Morgan fingerprint density at radius 1 is 1.00 bits per heavy atom. The van der Waals surface area contributed by atoms with Gasteiger partial charge in [-0.3, -0.25) is 4.90 Å². The molecule has 0 unspecified atom stereocenters. The van der Waals surface area contributed by atoms with Gasteiger partial charge in [0, 0.05) is 31.7 Å². The fraction of sp³-hybridized carbons (Fsp3) is 0.440. The van der Waals surface area contributed by atoms with Crippen molar-refractivity contribution < 1.29 is 14.2 Å². The molecule has 2 aliphatic rings. The van der Waals surface area contributed by atoms with Crippen molar-refractivity contribution in [2.45, 2.75) is 30.8 Å². The SMILES string of the molecule is COC[C@@H](c1ccccc1)N1C[C@H](c2cc(OC)cc(OC)c2)[C@@H]2CCC=C[C@H]21. The van der Waals surface area contributed by atoms with E-state index in [9.17, 15) is 0 Å². The number of rotatable bonds is 7. The average molecular weight is 394 g/mol. The highest BCUT2D eigenvalue weighted by atomic mass is 16.5. The first-order valence-corrected chi connectivity index (χ1v) is 10.4. The molecule has 0 bridgehead atoms. The minimum Gasteiger partial charge on any atom is -0.497 e. The van der Waals surface area contributed by atoms with Crippen LogP contribution in [0.4, 0.5) is 0 Å². The van der Waals surface area contributed by atoms with E-state index in [-0.39, 0.29) is 6.04 Å². The van der Waals surface area contributed by atoms with Crippen LogP contribution in [-0.2, 0) is 4.74 Å². The molecule has 1 heterocycles. The fourth-order valence-corrected chi connectivity index (χ4v) is 5.07. The van der Waals surface area contributed by atoms with Crippen LogP contribution in [0.15, 0.2) is 60.7 Å². The van der Waals surface area contributed by atoms with E-state index in [0.29, 0.717) is 24.5 Å². The number of nitrogens with zero attached hydrogens (tertiary/aromatic N) is 1. The Morgan fingerprint density at radius 3 is 2.38 bits per heavy atom. The number of benzene rings is 2. The van der Waals surface area contributed by atoms with Gasteiger partial charge in [0.15, 0.2) is 0 Å². The van der Waals surface area contributed by atoms with Crippen LogP contribution in [0.1, 0.15) is 35.9 Å². The Labute approximate surface area is 174 Å². The molecule has 0 aromatic heterocycles. The van der Waals surface area contributed by atoms with E-state index in [2.05, 4.69) is 59.5 Å². The molecule has 0 N–H and O–H groups in total. The molecular weight excluding hydrogens is 362 g/mol. The summed E-state index contributed by atoms with van der Waals surface area (Å²) in [5.74, 6) is 2.74. The molecule has 1 aliphatic carbocycles. The predicted octanol–water partition coefficient (Wildman–Crippen LogP) is 4.83. The second-order valence-corrected chi connectivity index (χ2v) is 7.99. The van der Waals surface area contributed by atoms with Crippen molar-refractivity contribution in [1.29, 1.82) is 0 Å². The van der Waals surface area contributed by atoms with Gasteiger partial charge < -0.3 is 14.2 Å². The van der Waals surface area contributed by atoms with E-state index in [1.54, 1.807) is 21.3 Å². The van der Waals surface area contributed by atoms with Crippen LogP contribution in [0, 0.1) is 5.92 Å². The highest BCUT2D eigenvalue weighted by molar-refractivity contribution is 5.41. The minimum atomic E-state index is 0.244. The number of fused-ring (bicyclic) bond motifs is 1. The summed E-state index contributed by atoms with van der Waals surface area (Å²) >= 11 is 0. The summed E-state index contributed by atoms with van der Waals surface area (Å²) in [7, 11) is 5.23. The van der Waals surface area contributed by atoms with Crippen LogP contribution in [-0.4, -0.2) is 45.4 Å². The van der Waals surface area contributed by atoms with E-state index in [4.69, 9.17) is 14.2 Å². The zero-order chi connectivity index (χ0) is 20.2. The molecule has 29 heavy (non-hydrogen) atoms. The molecule has 154 valence electrons. The minimum absolute atomic E-state index is 0.244. The van der Waals surface area contributed by atoms with Crippen LogP contribution in [0.5, 0.6) is 11.5 Å². The van der Waals surface area contributed by atoms with Crippen LogP contribution >= 0.6 is 0 Å². The summed E-state index contributed by atoms with van der Waals surface area (Å²) in [6.45, 7) is 1.69. The van der Waals surface area contributed by atoms with Gasteiger partial charge in [0.25, 0.3) is 0 Å². The normalized spacial score (nSPS) is 24.9. The summed E-state index contributed by atoms with van der Waals surface area (Å²) in [4.78, 5) is 2.63. The van der Waals surface area contributed by atoms with E-state index in [0.717, 1.165) is 24.5 Å². The number of ether oxygens (including phenoxy) is 3. The summed E-state index contributed by atoms with van der Waals surface area (Å²) in [6.07, 6.45) is 7.11. The summed E-state index contributed by atoms with van der Waals surface area (Å²) in [6, 6.07) is 17.7. The highest BCUT2D eigenvalue weighted by Gasteiger charge is 2.44. The monoisotopic (exact) mass is 393 g/mol. The van der Waals surface area contributed by atoms with Crippen molar-refractivity contribution in [3.8, 4) is 11.5 Å². The standard InChI is InChI=1S/C25H31NO3/c1-27-17-25(18-9-5-4-6-10-18)26-16-23(22-11-7-8-12-24(22)26)19-13-20(28-2)15-21(14-19)29-3/h4-6,8-10,12-15,22-25H,7,11,16-17H2,1-3H3/t22-,23+,24+,25-/m0/s1. The number of likely N-dealkylation sites (tertiary alicyclic amines) is 1. The van der Waals surface area contributed by atoms with Gasteiger partial charge in [0.1, 0.15) is 11.5 Å². The molecule has 1 aliphatic heterocycles. The van der Waals surface area contributed by atoms with Gasteiger partial charge in [-0.15, -0.1) is 0 Å². The van der Waals surface area contributed by atoms with Crippen LogP contribution in [0.2, 0.25) is 0 Å². The Balaban J connectivity index is 1.70. The molecule has 4 heteroatoms. The smallest absolute Gasteiger partial charge is 0.122 e. The number of hydrogen-bond donors (Lipinski definition) is 0. The van der Waals surface area contributed by atoms with Crippen molar-refractivity contribution in [1.82, 2.24) is 4.90 Å². The second-order valence-electron chi connectivity index (χ2n) is 7.99. The van der Waals surface area contributed by atoms with Gasteiger partial charge in [0.2, 0.25) is 0 Å². The number of methoxy groups -OCH3 is 3. The van der Waals surface area contributed by atoms with E-state index >= 15 is 0 Å². The third kappa shape index (κ3) is 4.05. The molecule has 4 rings (SSSR count). The molecule has 4 atom stereocenters. The maximum absolute atomic E-state index is 5.66. The van der Waals surface area contributed by atoms with Gasteiger partial charge >= 0.3 is 0 Å². The van der Waals surface area contributed by atoms with Crippen LogP contribution in [0.3, 0.4) is 0 Å². The Kier molecular flexibility index (Phi) is 6.22. The first-order valence-electron chi connectivity index (χ1n) is 10.4. The topological polar surface area (TPSA) is 30.9 Å². The average Bonchev–Trinajstić information content (AvgIpc) is 3.17. The van der Waals surface area contributed by atoms with Crippen molar-refractivity contribution in [2.24, 2.45) is 5.92 Å². The Morgan fingerprint density at radius 2 is 1.72 bits per heavy atom. The van der Waals surface area contributed by atoms with Gasteiger partial charge in [-0.25, -0.2) is 0 Å². The van der Waals surface area contributed by atoms with Crippen molar-refractivity contribution in [3.05, 3.63) is 71.8 Å². The highest BCUT2D eigenvalue weighted by Crippen LogP contribution is 2.47. The predicted molar refractivity (Wildman–Crippen MR) is 116 cm³/mol. The lowest BCUT2D eigenvalue weighted by molar-refractivity contribution is 0.0853. The maximum atomic E-state index is 5.66. The Hall–Kier alpha value is -2.30. The third-order valence-corrected chi connectivity index (χ3v) is 6.46. The lowest BCUT2D eigenvalue weighted by Crippen LogP contribution is -2.37. The lowest BCUT2D eigenvalue weighted by atomic mass is 9.79. The first kappa shape index (κ1) is 20.0. The molecule has 0 radical (unpaired) electrons. The molecule has 0 spiro atoms. The van der Waals surface area contributed by atoms with Crippen molar-refractivity contribution >= 4 is 0 Å². The van der Waals surface area contributed by atoms with Gasteiger partial charge in [-0.05, 0) is 42.0 Å². The molecule has 0 amide bonds. The molecule has 4 nitrogen and oxygen atoms in total. The first-order chi connectivity index (χ1) is 14.2. The molecular formula is C25H31NO3. The number of allylic oxidation sites excluding steroid dienone is 1. The van der Waals surface area contributed by atoms with E-state index in [1.807, 2.05) is 6.07 Å². The zero-order valence-corrected chi connectivity index (χ0v) is 17.6. The van der Waals surface area contributed by atoms with Gasteiger partial charge in [-0.2, -0.15) is 0 Å². The maximum Gasteiger partial charge on any atom is 0.122 e. The summed E-state index contributed by atoms with van der Waals surface area (Å²) < 4.78 is 16.8. The van der Waals surface area contributed by atoms with Gasteiger partial charge in [-0.1, -0.05) is 42.5 Å². The lowest BCUT2D eigenvalue weighted by Gasteiger charge is -2.34. The van der Waals surface area contributed by atoms with Crippen LogP contribution < -0.4 is 9.47 Å². The fourth-order valence-electron chi connectivity index (χ4n) is 5.07. The third-order valence-electron chi connectivity index (χ3n) is 6.46. The van der Waals surface area contributed by atoms with Crippen molar-refractivity contribution in [2.75, 3.05) is 34.5 Å². The zero-order valence-electron chi connectivity index (χ0n) is 17.6. The Bertz CT molecular complexity index is 813. The summed E-state index contributed by atoms with van der Waals surface area (Å²) in [5, 5.41) is 0. The molecule has 1 fully saturated rings.